The van der Waals surface area contributed by atoms with Gasteiger partial charge in [-0.3, -0.25) is 9.59 Å². The van der Waals surface area contributed by atoms with Gasteiger partial charge in [-0.05, 0) is 37.3 Å². The molecule has 2 fully saturated rings. The molecule has 1 aromatic rings. The van der Waals surface area contributed by atoms with Crippen LogP contribution in [0.3, 0.4) is 0 Å². The Balaban J connectivity index is 1.43. The van der Waals surface area contributed by atoms with E-state index in [9.17, 15) is 9.59 Å². The normalized spacial score (nSPS) is 22.5. The van der Waals surface area contributed by atoms with Crippen LogP contribution in [0.1, 0.15) is 25.7 Å². The Bertz CT molecular complexity index is 567. The summed E-state index contributed by atoms with van der Waals surface area (Å²) >= 11 is 0. The zero-order valence-corrected chi connectivity index (χ0v) is 14.3. The average molecular weight is 330 g/mol. The molecule has 0 aliphatic carbocycles. The maximum atomic E-state index is 12.6. The van der Waals surface area contributed by atoms with Crippen molar-refractivity contribution in [1.82, 2.24) is 9.80 Å². The number of carbonyl (C=O) groups excluding carboxylic acids is 2. The fourth-order valence-electron chi connectivity index (χ4n) is 3.46. The van der Waals surface area contributed by atoms with E-state index in [4.69, 9.17) is 4.74 Å². The van der Waals surface area contributed by atoms with Gasteiger partial charge in [0.15, 0.2) is 0 Å². The van der Waals surface area contributed by atoms with Gasteiger partial charge in [0.05, 0.1) is 6.61 Å². The van der Waals surface area contributed by atoms with Crippen LogP contribution < -0.4 is 4.74 Å². The van der Waals surface area contributed by atoms with Gasteiger partial charge in [-0.2, -0.15) is 0 Å². The number of amides is 2. The van der Waals surface area contributed by atoms with Crippen LogP contribution in [-0.4, -0.2) is 54.9 Å². The summed E-state index contributed by atoms with van der Waals surface area (Å²) in [6.45, 7) is 2.96. The van der Waals surface area contributed by atoms with Crippen molar-refractivity contribution in [3.63, 3.8) is 0 Å². The van der Waals surface area contributed by atoms with Crippen LogP contribution in [0.5, 0.6) is 5.75 Å². The molecule has 0 aromatic heterocycles. The number of piperidine rings is 2. The quantitative estimate of drug-likeness (QED) is 0.850. The first-order valence-corrected chi connectivity index (χ1v) is 8.84. The third kappa shape index (κ3) is 4.08. The van der Waals surface area contributed by atoms with E-state index >= 15 is 0 Å². The minimum Gasteiger partial charge on any atom is -0.493 e. The molecule has 0 spiro atoms. The summed E-state index contributed by atoms with van der Waals surface area (Å²) in [6, 6.07) is 9.86. The monoisotopic (exact) mass is 330 g/mol. The Hall–Kier alpha value is -2.04. The molecule has 0 bridgehead atoms. The molecule has 0 radical (unpaired) electrons. The van der Waals surface area contributed by atoms with Crippen LogP contribution in [0.15, 0.2) is 30.3 Å². The summed E-state index contributed by atoms with van der Waals surface area (Å²) < 4.78 is 5.83. The number of para-hydroxylation sites is 1. The summed E-state index contributed by atoms with van der Waals surface area (Å²) in [5.41, 5.74) is 0. The SMILES string of the molecule is CN1CC[C@H](C(=O)N2CCC(COc3ccccc3)CC2)CC1=O. The highest BCUT2D eigenvalue weighted by atomic mass is 16.5. The van der Waals surface area contributed by atoms with E-state index in [1.807, 2.05) is 35.2 Å². The van der Waals surface area contributed by atoms with Crippen LogP contribution >= 0.6 is 0 Å². The highest BCUT2D eigenvalue weighted by Crippen LogP contribution is 2.24. The predicted molar refractivity (Wildman–Crippen MR) is 91.6 cm³/mol. The van der Waals surface area contributed by atoms with E-state index in [0.29, 0.717) is 25.5 Å². The van der Waals surface area contributed by atoms with Crippen LogP contribution in [0.4, 0.5) is 0 Å². The molecule has 2 aliphatic heterocycles. The second-order valence-corrected chi connectivity index (χ2v) is 6.90. The fraction of sp³-hybridized carbons (Fsp3) is 0.579. The Morgan fingerprint density at radius 3 is 2.50 bits per heavy atom. The lowest BCUT2D eigenvalue weighted by atomic mass is 9.92. The number of hydrogen-bond donors (Lipinski definition) is 0. The topological polar surface area (TPSA) is 49.9 Å². The molecule has 2 amide bonds. The van der Waals surface area contributed by atoms with Crippen molar-refractivity contribution in [2.75, 3.05) is 33.3 Å². The van der Waals surface area contributed by atoms with Gasteiger partial charge in [0, 0.05) is 39.0 Å². The number of rotatable bonds is 4. The van der Waals surface area contributed by atoms with Crippen LogP contribution in [-0.2, 0) is 9.59 Å². The summed E-state index contributed by atoms with van der Waals surface area (Å²) in [5.74, 6) is 1.53. The molecule has 0 unspecified atom stereocenters. The molecular formula is C19H26N2O3. The first-order chi connectivity index (χ1) is 11.6. The van der Waals surface area contributed by atoms with Crippen LogP contribution in [0.2, 0.25) is 0 Å². The number of nitrogens with zero attached hydrogens (tertiary/aromatic N) is 2. The van der Waals surface area contributed by atoms with Crippen molar-refractivity contribution in [2.45, 2.75) is 25.7 Å². The average Bonchev–Trinajstić information content (AvgIpc) is 2.63. The molecule has 130 valence electrons. The van der Waals surface area contributed by atoms with E-state index in [0.717, 1.165) is 38.1 Å². The standard InChI is InChI=1S/C19H26N2O3/c1-20-10-9-16(13-18(20)22)19(23)21-11-7-15(8-12-21)14-24-17-5-3-2-4-6-17/h2-6,15-16H,7-14H2,1H3/t16-/m0/s1. The Labute approximate surface area is 143 Å². The van der Waals surface area contributed by atoms with E-state index < -0.39 is 0 Å². The summed E-state index contributed by atoms with van der Waals surface area (Å²) in [4.78, 5) is 28.1. The van der Waals surface area contributed by atoms with Gasteiger partial charge < -0.3 is 14.5 Å². The van der Waals surface area contributed by atoms with Gasteiger partial charge in [0.1, 0.15) is 5.75 Å². The van der Waals surface area contributed by atoms with Gasteiger partial charge >= 0.3 is 0 Å². The molecule has 2 saturated heterocycles. The van der Waals surface area contributed by atoms with Crippen LogP contribution in [0.25, 0.3) is 0 Å². The lowest BCUT2D eigenvalue weighted by molar-refractivity contribution is -0.145. The zero-order chi connectivity index (χ0) is 16.9. The minimum atomic E-state index is -0.120. The fourth-order valence-corrected chi connectivity index (χ4v) is 3.46. The Morgan fingerprint density at radius 1 is 1.12 bits per heavy atom. The molecule has 5 heteroatoms. The van der Waals surface area contributed by atoms with Crippen molar-refractivity contribution in [1.29, 1.82) is 0 Å². The van der Waals surface area contributed by atoms with Gasteiger partial charge in [-0.15, -0.1) is 0 Å². The largest absolute Gasteiger partial charge is 0.493 e. The van der Waals surface area contributed by atoms with E-state index in [1.165, 1.54) is 0 Å². The highest BCUT2D eigenvalue weighted by Gasteiger charge is 2.33. The van der Waals surface area contributed by atoms with Crippen molar-refractivity contribution in [3.8, 4) is 5.75 Å². The Morgan fingerprint density at radius 2 is 1.83 bits per heavy atom. The van der Waals surface area contributed by atoms with E-state index in [2.05, 4.69) is 0 Å². The lowest BCUT2D eigenvalue weighted by Gasteiger charge is -2.36. The first-order valence-electron chi connectivity index (χ1n) is 8.84. The van der Waals surface area contributed by atoms with Gasteiger partial charge in [-0.1, -0.05) is 18.2 Å². The molecule has 5 nitrogen and oxygen atoms in total. The second-order valence-electron chi connectivity index (χ2n) is 6.90. The molecule has 2 aliphatic rings. The van der Waals surface area contributed by atoms with Gasteiger partial charge in [0.25, 0.3) is 0 Å². The summed E-state index contributed by atoms with van der Waals surface area (Å²) in [6.07, 6.45) is 3.10. The van der Waals surface area contributed by atoms with Crippen molar-refractivity contribution in [3.05, 3.63) is 30.3 Å². The summed E-state index contributed by atoms with van der Waals surface area (Å²) in [7, 11) is 1.81. The third-order valence-corrected chi connectivity index (χ3v) is 5.16. The van der Waals surface area contributed by atoms with Crippen LogP contribution in [0, 0.1) is 11.8 Å². The molecule has 2 heterocycles. The third-order valence-electron chi connectivity index (χ3n) is 5.16. The highest BCUT2D eigenvalue weighted by molar-refractivity contribution is 5.86. The molecule has 0 N–H and O–H groups in total. The maximum absolute atomic E-state index is 12.6. The molecule has 3 rings (SSSR count). The Kier molecular flexibility index (Phi) is 5.38. The molecule has 1 aromatic carbocycles. The number of carbonyl (C=O) groups is 2. The lowest BCUT2D eigenvalue weighted by Crippen LogP contribution is -2.46. The van der Waals surface area contributed by atoms with E-state index in [-0.39, 0.29) is 17.7 Å². The predicted octanol–water partition coefficient (Wildman–Crippen LogP) is 2.17. The van der Waals surface area contributed by atoms with Crippen molar-refractivity contribution < 1.29 is 14.3 Å². The number of likely N-dealkylation sites (tertiary alicyclic amines) is 2. The number of hydrogen-bond acceptors (Lipinski definition) is 3. The number of benzene rings is 1. The van der Waals surface area contributed by atoms with Crippen molar-refractivity contribution in [2.24, 2.45) is 11.8 Å². The number of ether oxygens (including phenoxy) is 1. The van der Waals surface area contributed by atoms with Gasteiger partial charge in [-0.25, -0.2) is 0 Å². The molecule has 24 heavy (non-hydrogen) atoms. The smallest absolute Gasteiger partial charge is 0.226 e. The molecule has 0 saturated carbocycles. The molecular weight excluding hydrogens is 304 g/mol. The maximum Gasteiger partial charge on any atom is 0.226 e. The molecule has 1 atom stereocenters. The van der Waals surface area contributed by atoms with E-state index in [1.54, 1.807) is 11.9 Å². The first kappa shape index (κ1) is 16.8. The van der Waals surface area contributed by atoms with Crippen molar-refractivity contribution >= 4 is 11.8 Å². The minimum absolute atomic E-state index is 0.0887. The second kappa shape index (κ2) is 7.69. The van der Waals surface area contributed by atoms with Gasteiger partial charge in [0.2, 0.25) is 11.8 Å². The summed E-state index contributed by atoms with van der Waals surface area (Å²) in [5, 5.41) is 0. The zero-order valence-electron chi connectivity index (χ0n) is 14.3.